The number of fused-ring (bicyclic) bond motifs is 1. The van der Waals surface area contributed by atoms with E-state index >= 15 is 0 Å². The lowest BCUT2D eigenvalue weighted by Crippen LogP contribution is -2.50. The maximum atomic E-state index is 13.0. The molecule has 0 aromatic heterocycles. The number of piperazine rings is 1. The van der Waals surface area contributed by atoms with E-state index in [-0.39, 0.29) is 30.4 Å². The number of carbonyl (C=O) groups excluding carboxylic acids is 1. The number of alkyl halides is 2. The molecule has 0 radical (unpaired) electrons. The van der Waals surface area contributed by atoms with Crippen LogP contribution in [0.1, 0.15) is 0 Å². The standard InChI is InChI=1S/C21H23F2N3O5S2/c22-21(23)32-16-3-1-15(2-4-16)24-20(27)14-25-7-9-26(10-8-25)33(28,29)17-5-6-18-19(13-17)31-12-11-30-18/h1-6,13,21H,7-12,14H2,(H,24,27). The van der Waals surface area contributed by atoms with Crippen molar-refractivity contribution in [2.24, 2.45) is 0 Å². The van der Waals surface area contributed by atoms with Gasteiger partial charge < -0.3 is 14.8 Å². The number of benzene rings is 2. The van der Waals surface area contributed by atoms with E-state index in [0.29, 0.717) is 60.1 Å². The minimum atomic E-state index is -3.69. The highest BCUT2D eigenvalue weighted by atomic mass is 32.2. The maximum absolute atomic E-state index is 13.0. The van der Waals surface area contributed by atoms with Crippen LogP contribution < -0.4 is 14.8 Å². The largest absolute Gasteiger partial charge is 0.486 e. The second kappa shape index (κ2) is 10.2. The van der Waals surface area contributed by atoms with Gasteiger partial charge in [0.25, 0.3) is 5.76 Å². The van der Waals surface area contributed by atoms with Gasteiger partial charge in [0, 0.05) is 42.8 Å². The van der Waals surface area contributed by atoms with E-state index in [0.717, 1.165) is 0 Å². The molecular formula is C21H23F2N3O5S2. The number of hydrogen-bond acceptors (Lipinski definition) is 7. The number of ether oxygens (including phenoxy) is 2. The van der Waals surface area contributed by atoms with Crippen LogP contribution in [0.3, 0.4) is 0 Å². The molecule has 0 spiro atoms. The fraction of sp³-hybridized carbons (Fsp3) is 0.381. The monoisotopic (exact) mass is 499 g/mol. The third-order valence-corrected chi connectivity index (χ3v) is 7.83. The molecular weight excluding hydrogens is 476 g/mol. The number of rotatable bonds is 7. The van der Waals surface area contributed by atoms with Crippen LogP contribution in [-0.2, 0) is 14.8 Å². The van der Waals surface area contributed by atoms with E-state index in [1.54, 1.807) is 18.2 Å². The van der Waals surface area contributed by atoms with Crippen molar-refractivity contribution in [3.63, 3.8) is 0 Å². The molecule has 1 N–H and O–H groups in total. The number of hydrogen-bond donors (Lipinski definition) is 1. The van der Waals surface area contributed by atoms with Crippen LogP contribution in [0.5, 0.6) is 11.5 Å². The van der Waals surface area contributed by atoms with Gasteiger partial charge in [-0.2, -0.15) is 13.1 Å². The lowest BCUT2D eigenvalue weighted by atomic mass is 10.3. The van der Waals surface area contributed by atoms with E-state index in [2.05, 4.69) is 5.32 Å². The quantitative estimate of drug-likeness (QED) is 0.586. The van der Waals surface area contributed by atoms with Crippen molar-refractivity contribution in [3.05, 3.63) is 42.5 Å². The fourth-order valence-corrected chi connectivity index (χ4v) is 5.52. The maximum Gasteiger partial charge on any atom is 0.288 e. The molecule has 2 heterocycles. The molecule has 4 rings (SSSR count). The van der Waals surface area contributed by atoms with Gasteiger partial charge in [-0.3, -0.25) is 9.69 Å². The molecule has 0 bridgehead atoms. The molecule has 0 atom stereocenters. The van der Waals surface area contributed by atoms with Crippen molar-refractivity contribution in [2.45, 2.75) is 15.5 Å². The zero-order chi connectivity index (χ0) is 23.4. The van der Waals surface area contributed by atoms with Crippen LogP contribution in [0, 0.1) is 0 Å². The average molecular weight is 500 g/mol. The fourth-order valence-electron chi connectivity index (χ4n) is 3.58. The molecule has 1 amide bonds. The highest BCUT2D eigenvalue weighted by Crippen LogP contribution is 2.33. The summed E-state index contributed by atoms with van der Waals surface area (Å²) in [5, 5.41) is 2.73. The first kappa shape index (κ1) is 23.7. The number of anilines is 1. The molecule has 2 aromatic rings. The van der Waals surface area contributed by atoms with Crippen molar-refractivity contribution in [1.82, 2.24) is 9.21 Å². The van der Waals surface area contributed by atoms with Crippen molar-refractivity contribution in [1.29, 1.82) is 0 Å². The Labute approximate surface area is 194 Å². The number of halogens is 2. The van der Waals surface area contributed by atoms with Crippen LogP contribution in [0.4, 0.5) is 14.5 Å². The van der Waals surface area contributed by atoms with Crippen molar-refractivity contribution in [2.75, 3.05) is 51.3 Å². The summed E-state index contributed by atoms with van der Waals surface area (Å²) in [5.41, 5.74) is 0.512. The summed E-state index contributed by atoms with van der Waals surface area (Å²) in [6.07, 6.45) is 0. The molecule has 0 aliphatic carbocycles. The lowest BCUT2D eigenvalue weighted by Gasteiger charge is -2.33. The highest BCUT2D eigenvalue weighted by molar-refractivity contribution is 7.99. The Morgan fingerprint density at radius 2 is 1.67 bits per heavy atom. The Morgan fingerprint density at radius 1 is 1.00 bits per heavy atom. The number of thioether (sulfide) groups is 1. The third-order valence-electron chi connectivity index (χ3n) is 5.21. The SMILES string of the molecule is O=C(CN1CCN(S(=O)(=O)c2ccc3c(c2)OCCO3)CC1)Nc1ccc(SC(F)F)cc1. The molecule has 12 heteroatoms. The second-order valence-electron chi connectivity index (χ2n) is 7.44. The summed E-state index contributed by atoms with van der Waals surface area (Å²) < 4.78 is 63.1. The van der Waals surface area contributed by atoms with Gasteiger partial charge >= 0.3 is 0 Å². The summed E-state index contributed by atoms with van der Waals surface area (Å²) >= 11 is 0.440. The van der Waals surface area contributed by atoms with Gasteiger partial charge in [0.1, 0.15) is 13.2 Å². The second-order valence-corrected chi connectivity index (χ2v) is 10.4. The predicted molar refractivity (Wildman–Crippen MR) is 120 cm³/mol. The zero-order valence-electron chi connectivity index (χ0n) is 17.6. The van der Waals surface area contributed by atoms with Crippen molar-refractivity contribution < 1.29 is 31.5 Å². The van der Waals surface area contributed by atoms with Crippen LogP contribution in [0.25, 0.3) is 0 Å². The first-order chi connectivity index (χ1) is 15.8. The van der Waals surface area contributed by atoms with Crippen molar-refractivity contribution >= 4 is 33.4 Å². The first-order valence-electron chi connectivity index (χ1n) is 10.3. The molecule has 0 unspecified atom stereocenters. The number of carbonyl (C=O) groups is 1. The van der Waals surface area contributed by atoms with Gasteiger partial charge in [-0.25, -0.2) is 8.42 Å². The summed E-state index contributed by atoms with van der Waals surface area (Å²) in [6, 6.07) is 10.8. The lowest BCUT2D eigenvalue weighted by molar-refractivity contribution is -0.117. The molecule has 2 aromatic carbocycles. The summed E-state index contributed by atoms with van der Waals surface area (Å²) in [7, 11) is -3.69. The summed E-state index contributed by atoms with van der Waals surface area (Å²) in [4.78, 5) is 14.8. The van der Waals surface area contributed by atoms with Gasteiger partial charge in [0.15, 0.2) is 11.5 Å². The van der Waals surface area contributed by atoms with Gasteiger partial charge in [-0.05, 0) is 36.4 Å². The normalized spacial score (nSPS) is 17.2. The van der Waals surface area contributed by atoms with E-state index in [9.17, 15) is 22.0 Å². The van der Waals surface area contributed by atoms with E-state index < -0.39 is 15.8 Å². The van der Waals surface area contributed by atoms with Crippen LogP contribution in [-0.4, -0.2) is 75.2 Å². The van der Waals surface area contributed by atoms with Gasteiger partial charge in [0.05, 0.1) is 11.4 Å². The third kappa shape index (κ3) is 5.94. The van der Waals surface area contributed by atoms with E-state index in [4.69, 9.17) is 9.47 Å². The Morgan fingerprint density at radius 3 is 2.33 bits per heavy atom. The van der Waals surface area contributed by atoms with Crippen LogP contribution >= 0.6 is 11.8 Å². The average Bonchev–Trinajstić information content (AvgIpc) is 2.80. The molecule has 0 saturated carbocycles. The molecule has 8 nitrogen and oxygen atoms in total. The Balaban J connectivity index is 1.29. The Kier molecular flexibility index (Phi) is 7.37. The van der Waals surface area contributed by atoms with Gasteiger partial charge in [-0.15, -0.1) is 0 Å². The van der Waals surface area contributed by atoms with Crippen molar-refractivity contribution in [3.8, 4) is 11.5 Å². The van der Waals surface area contributed by atoms with E-state index in [1.165, 1.54) is 28.6 Å². The number of nitrogens with zero attached hydrogens (tertiary/aromatic N) is 2. The van der Waals surface area contributed by atoms with E-state index in [1.807, 2.05) is 4.90 Å². The summed E-state index contributed by atoms with van der Waals surface area (Å²) in [5.74, 6) is -1.81. The smallest absolute Gasteiger partial charge is 0.288 e. The molecule has 33 heavy (non-hydrogen) atoms. The number of nitrogens with one attached hydrogen (secondary N) is 1. The molecule has 1 fully saturated rings. The molecule has 178 valence electrons. The molecule has 1 saturated heterocycles. The van der Waals surface area contributed by atoms with Gasteiger partial charge in [-0.1, -0.05) is 11.8 Å². The predicted octanol–water partition coefficient (Wildman–Crippen LogP) is 2.72. The topological polar surface area (TPSA) is 88.2 Å². The Hall–Kier alpha value is -2.41. The number of sulfonamides is 1. The highest BCUT2D eigenvalue weighted by Gasteiger charge is 2.30. The zero-order valence-corrected chi connectivity index (χ0v) is 19.2. The summed E-state index contributed by atoms with van der Waals surface area (Å²) in [6.45, 7) is 2.22. The minimum Gasteiger partial charge on any atom is -0.486 e. The first-order valence-corrected chi connectivity index (χ1v) is 12.6. The molecule has 2 aliphatic rings. The minimum absolute atomic E-state index is 0.103. The number of amides is 1. The molecule has 2 aliphatic heterocycles. The van der Waals surface area contributed by atoms with Gasteiger partial charge in [0.2, 0.25) is 15.9 Å². The van der Waals surface area contributed by atoms with Crippen LogP contribution in [0.2, 0.25) is 0 Å². The Bertz CT molecular complexity index is 1090. The van der Waals surface area contributed by atoms with Crippen LogP contribution in [0.15, 0.2) is 52.3 Å².